The van der Waals surface area contributed by atoms with Crippen molar-refractivity contribution in [3.05, 3.63) is 24.4 Å². The van der Waals surface area contributed by atoms with Gasteiger partial charge in [0.2, 0.25) is 6.79 Å². The highest BCUT2D eigenvalue weighted by atomic mass is 16.7. The minimum atomic E-state index is 0.188. The summed E-state index contributed by atoms with van der Waals surface area (Å²) in [7, 11) is 0. The van der Waals surface area contributed by atoms with Crippen molar-refractivity contribution in [3.8, 4) is 11.5 Å². The summed E-state index contributed by atoms with van der Waals surface area (Å²) < 4.78 is 10.9. The maximum Gasteiger partial charge on any atom is 0.231 e. The number of rotatable bonds is 5. The molecule has 1 aliphatic rings. The number of benzene rings is 1. The smallest absolute Gasteiger partial charge is 0.231 e. The first-order valence-corrected chi connectivity index (χ1v) is 6.87. The summed E-state index contributed by atoms with van der Waals surface area (Å²) in [6.45, 7) is 4.18. The molecule has 5 heteroatoms. The quantitative estimate of drug-likeness (QED) is 0.905. The molecule has 1 aromatic heterocycles. The van der Waals surface area contributed by atoms with Gasteiger partial charge in [-0.25, -0.2) is 4.98 Å². The summed E-state index contributed by atoms with van der Waals surface area (Å²) in [6.07, 6.45) is 2.54. The molecule has 20 heavy (non-hydrogen) atoms. The zero-order valence-corrected chi connectivity index (χ0v) is 11.5. The first-order valence-electron chi connectivity index (χ1n) is 6.87. The van der Waals surface area contributed by atoms with Crippen LogP contribution in [-0.4, -0.2) is 36.6 Å². The maximum absolute atomic E-state index is 9.01. The van der Waals surface area contributed by atoms with Crippen molar-refractivity contribution < 1.29 is 14.6 Å². The first kappa shape index (κ1) is 13.0. The van der Waals surface area contributed by atoms with Gasteiger partial charge < -0.3 is 19.5 Å². The predicted molar refractivity (Wildman–Crippen MR) is 77.5 cm³/mol. The Morgan fingerprint density at radius 2 is 2.10 bits per heavy atom. The van der Waals surface area contributed by atoms with Gasteiger partial charge in [0.05, 0.1) is 0 Å². The number of hydrogen-bond donors (Lipinski definition) is 1. The second-order valence-electron chi connectivity index (χ2n) is 4.72. The molecule has 0 unspecified atom stereocenters. The topological polar surface area (TPSA) is 54.8 Å². The van der Waals surface area contributed by atoms with Crippen molar-refractivity contribution in [2.24, 2.45) is 0 Å². The van der Waals surface area contributed by atoms with E-state index in [-0.39, 0.29) is 13.4 Å². The van der Waals surface area contributed by atoms with Crippen LogP contribution in [0.25, 0.3) is 10.8 Å². The van der Waals surface area contributed by atoms with Crippen LogP contribution in [0.3, 0.4) is 0 Å². The van der Waals surface area contributed by atoms with E-state index in [1.807, 2.05) is 24.4 Å². The van der Waals surface area contributed by atoms with Crippen LogP contribution in [0.2, 0.25) is 0 Å². The lowest BCUT2D eigenvalue weighted by atomic mass is 10.1. The third kappa shape index (κ3) is 2.25. The molecule has 0 radical (unpaired) electrons. The zero-order valence-electron chi connectivity index (χ0n) is 11.5. The van der Waals surface area contributed by atoms with Crippen molar-refractivity contribution in [2.75, 3.05) is 31.4 Å². The van der Waals surface area contributed by atoms with E-state index in [0.29, 0.717) is 0 Å². The van der Waals surface area contributed by atoms with Gasteiger partial charge in [-0.2, -0.15) is 0 Å². The molecule has 0 aliphatic carbocycles. The number of aromatic nitrogens is 1. The van der Waals surface area contributed by atoms with Gasteiger partial charge in [0.1, 0.15) is 5.82 Å². The van der Waals surface area contributed by atoms with Gasteiger partial charge in [-0.1, -0.05) is 0 Å². The summed E-state index contributed by atoms with van der Waals surface area (Å²) in [4.78, 5) is 6.67. The molecular weight excluding hydrogens is 256 g/mol. The molecule has 0 fully saturated rings. The number of fused-ring (bicyclic) bond motifs is 2. The van der Waals surface area contributed by atoms with Crippen LogP contribution in [0.4, 0.5) is 5.82 Å². The van der Waals surface area contributed by atoms with E-state index < -0.39 is 0 Å². The van der Waals surface area contributed by atoms with Crippen molar-refractivity contribution in [2.45, 2.75) is 13.3 Å². The van der Waals surface area contributed by atoms with Gasteiger partial charge in [0.15, 0.2) is 11.5 Å². The lowest BCUT2D eigenvalue weighted by Gasteiger charge is -2.23. The highest BCUT2D eigenvalue weighted by molar-refractivity contribution is 5.94. The lowest BCUT2D eigenvalue weighted by molar-refractivity contribution is 0.174. The summed E-state index contributed by atoms with van der Waals surface area (Å²) in [6, 6.07) is 5.95. The second-order valence-corrected chi connectivity index (χ2v) is 4.72. The van der Waals surface area contributed by atoms with E-state index in [2.05, 4.69) is 16.8 Å². The molecule has 1 aliphatic heterocycles. The average molecular weight is 274 g/mol. The maximum atomic E-state index is 9.01. The van der Waals surface area contributed by atoms with Crippen molar-refractivity contribution in [1.29, 1.82) is 0 Å². The molecule has 1 N–H and O–H groups in total. The molecule has 3 rings (SSSR count). The molecule has 5 nitrogen and oxygen atoms in total. The largest absolute Gasteiger partial charge is 0.454 e. The van der Waals surface area contributed by atoms with E-state index >= 15 is 0 Å². The predicted octanol–water partition coefficient (Wildman–Crippen LogP) is 2.17. The van der Waals surface area contributed by atoms with Crippen LogP contribution >= 0.6 is 0 Å². The third-order valence-corrected chi connectivity index (χ3v) is 3.50. The summed E-state index contributed by atoms with van der Waals surface area (Å²) in [5.74, 6) is 2.48. The van der Waals surface area contributed by atoms with Gasteiger partial charge in [-0.3, -0.25) is 0 Å². The number of hydrogen-bond acceptors (Lipinski definition) is 5. The van der Waals surface area contributed by atoms with Crippen molar-refractivity contribution in [1.82, 2.24) is 4.98 Å². The van der Waals surface area contributed by atoms with Crippen LogP contribution in [0.15, 0.2) is 24.4 Å². The molecule has 0 saturated heterocycles. The SMILES string of the molecule is CCN(CCCO)c1nccc2cc3c(cc12)OCO3. The van der Waals surface area contributed by atoms with Crippen molar-refractivity contribution >= 4 is 16.6 Å². The minimum Gasteiger partial charge on any atom is -0.454 e. The Bertz CT molecular complexity index is 615. The Hall–Kier alpha value is -2.01. The Balaban J connectivity index is 2.06. The Morgan fingerprint density at radius 1 is 1.30 bits per heavy atom. The monoisotopic (exact) mass is 274 g/mol. The normalized spacial score (nSPS) is 12.9. The van der Waals surface area contributed by atoms with Gasteiger partial charge in [0, 0.05) is 31.3 Å². The molecule has 1 aromatic carbocycles. The standard InChI is InChI=1S/C15H18N2O3/c1-2-17(6-3-7-18)15-12-9-14-13(19-10-20-14)8-11(12)4-5-16-15/h4-5,8-9,18H,2-3,6-7,10H2,1H3. The Morgan fingerprint density at radius 3 is 2.85 bits per heavy atom. The van der Waals surface area contributed by atoms with E-state index in [1.165, 1.54) is 0 Å². The minimum absolute atomic E-state index is 0.188. The molecule has 0 saturated carbocycles. The molecule has 2 heterocycles. The number of ether oxygens (including phenoxy) is 2. The van der Waals surface area contributed by atoms with Crippen molar-refractivity contribution in [3.63, 3.8) is 0 Å². The third-order valence-electron chi connectivity index (χ3n) is 3.50. The van der Waals surface area contributed by atoms with E-state index in [9.17, 15) is 0 Å². The summed E-state index contributed by atoms with van der Waals surface area (Å²) in [5.41, 5.74) is 0. The van der Waals surface area contributed by atoms with Gasteiger partial charge >= 0.3 is 0 Å². The highest BCUT2D eigenvalue weighted by Crippen LogP contribution is 2.38. The van der Waals surface area contributed by atoms with E-state index in [4.69, 9.17) is 14.6 Å². The number of nitrogens with zero attached hydrogens (tertiary/aromatic N) is 2. The fourth-order valence-corrected chi connectivity index (χ4v) is 2.47. The van der Waals surface area contributed by atoms with Crippen LogP contribution in [-0.2, 0) is 0 Å². The van der Waals surface area contributed by atoms with E-state index in [0.717, 1.165) is 47.6 Å². The second kappa shape index (κ2) is 5.54. The Kier molecular flexibility index (Phi) is 3.60. The summed E-state index contributed by atoms with van der Waals surface area (Å²) >= 11 is 0. The fourth-order valence-electron chi connectivity index (χ4n) is 2.47. The van der Waals surface area contributed by atoms with Crippen LogP contribution in [0, 0.1) is 0 Å². The molecule has 0 amide bonds. The number of aliphatic hydroxyl groups is 1. The van der Waals surface area contributed by atoms with Crippen LogP contribution in [0.5, 0.6) is 11.5 Å². The molecule has 0 bridgehead atoms. The fraction of sp³-hybridized carbons (Fsp3) is 0.400. The number of pyridine rings is 1. The summed E-state index contributed by atoms with van der Waals surface area (Å²) in [5, 5.41) is 11.2. The van der Waals surface area contributed by atoms with E-state index in [1.54, 1.807) is 0 Å². The number of anilines is 1. The van der Waals surface area contributed by atoms with Gasteiger partial charge in [0.25, 0.3) is 0 Å². The Labute approximate surface area is 117 Å². The number of aliphatic hydroxyl groups excluding tert-OH is 1. The van der Waals surface area contributed by atoms with Gasteiger partial charge in [-0.15, -0.1) is 0 Å². The highest BCUT2D eigenvalue weighted by Gasteiger charge is 2.17. The van der Waals surface area contributed by atoms with Crippen LogP contribution < -0.4 is 14.4 Å². The molecular formula is C15H18N2O3. The zero-order chi connectivity index (χ0) is 13.9. The molecule has 106 valence electrons. The molecule has 0 spiro atoms. The average Bonchev–Trinajstić information content (AvgIpc) is 2.93. The lowest BCUT2D eigenvalue weighted by Crippen LogP contribution is -2.25. The first-order chi connectivity index (χ1) is 9.83. The molecule has 2 aromatic rings. The molecule has 0 atom stereocenters. The van der Waals surface area contributed by atoms with Gasteiger partial charge in [-0.05, 0) is 36.9 Å². The van der Waals surface area contributed by atoms with Crippen LogP contribution in [0.1, 0.15) is 13.3 Å².